The molecule has 1 aromatic carbocycles. The van der Waals surface area contributed by atoms with Crippen molar-refractivity contribution in [3.63, 3.8) is 0 Å². The maximum Gasteiger partial charge on any atom is 0.122 e. The normalized spacial score (nSPS) is 10.9. The number of ether oxygens (including phenoxy) is 1. The quantitative estimate of drug-likeness (QED) is 0.855. The summed E-state index contributed by atoms with van der Waals surface area (Å²) in [6.45, 7) is 7.20. The van der Waals surface area contributed by atoms with Gasteiger partial charge in [-0.25, -0.2) is 0 Å². The number of benzene rings is 1. The Balaban J connectivity index is 2.74. The van der Waals surface area contributed by atoms with Crippen molar-refractivity contribution in [3.8, 4) is 5.75 Å². The lowest BCUT2D eigenvalue weighted by Gasteiger charge is -2.12. The molecule has 0 aliphatic rings. The molecule has 2 nitrogen and oxygen atoms in total. The largest absolute Gasteiger partial charge is 0.496 e. The van der Waals surface area contributed by atoms with E-state index in [1.807, 2.05) is 19.1 Å². The van der Waals surface area contributed by atoms with Gasteiger partial charge in [-0.2, -0.15) is 0 Å². The summed E-state index contributed by atoms with van der Waals surface area (Å²) in [5, 5.41) is 4.19. The Morgan fingerprint density at radius 1 is 1.38 bits per heavy atom. The van der Waals surface area contributed by atoms with Crippen molar-refractivity contribution in [2.45, 2.75) is 33.2 Å². The second-order valence-electron chi connectivity index (χ2n) is 4.27. The summed E-state index contributed by atoms with van der Waals surface area (Å²) in [5.74, 6) is 0.924. The Morgan fingerprint density at radius 2 is 2.06 bits per heavy atom. The lowest BCUT2D eigenvalue weighted by molar-refractivity contribution is 0.408. The van der Waals surface area contributed by atoms with E-state index in [4.69, 9.17) is 16.3 Å². The first kappa shape index (κ1) is 13.3. The van der Waals surface area contributed by atoms with Gasteiger partial charge in [0.25, 0.3) is 0 Å². The second-order valence-corrected chi connectivity index (χ2v) is 4.68. The van der Waals surface area contributed by atoms with E-state index in [9.17, 15) is 0 Å². The average Bonchev–Trinajstić information content (AvgIpc) is 2.22. The van der Waals surface area contributed by atoms with Crippen LogP contribution in [0.5, 0.6) is 5.75 Å². The molecule has 0 heterocycles. The molecule has 1 N–H and O–H groups in total. The topological polar surface area (TPSA) is 21.3 Å². The molecular formula is C13H20ClNO. The minimum atomic E-state index is 0.506. The number of halogens is 1. The molecule has 0 fully saturated rings. The third kappa shape index (κ3) is 3.69. The van der Waals surface area contributed by atoms with Gasteiger partial charge in [0.05, 0.1) is 7.11 Å². The van der Waals surface area contributed by atoms with Gasteiger partial charge in [0.15, 0.2) is 0 Å². The van der Waals surface area contributed by atoms with Crippen LogP contribution in [-0.4, -0.2) is 19.7 Å². The Bertz CT molecular complexity index is 350. The van der Waals surface area contributed by atoms with E-state index in [0.717, 1.165) is 34.9 Å². The SMILES string of the molecule is COc1cc(C)c(Cl)cc1CCNC(C)C. The molecule has 0 aromatic heterocycles. The minimum absolute atomic E-state index is 0.506. The van der Waals surface area contributed by atoms with Gasteiger partial charge in [-0.3, -0.25) is 0 Å². The van der Waals surface area contributed by atoms with Crippen LogP contribution in [-0.2, 0) is 6.42 Å². The number of hydrogen-bond donors (Lipinski definition) is 1. The number of aryl methyl sites for hydroxylation is 1. The van der Waals surface area contributed by atoms with Crippen molar-refractivity contribution in [1.29, 1.82) is 0 Å². The first-order valence-electron chi connectivity index (χ1n) is 5.61. The van der Waals surface area contributed by atoms with Crippen LogP contribution < -0.4 is 10.1 Å². The molecule has 0 unspecified atom stereocenters. The van der Waals surface area contributed by atoms with Gasteiger partial charge in [-0.1, -0.05) is 25.4 Å². The molecule has 3 heteroatoms. The van der Waals surface area contributed by atoms with Crippen molar-refractivity contribution >= 4 is 11.6 Å². The van der Waals surface area contributed by atoms with E-state index in [1.165, 1.54) is 0 Å². The molecule has 16 heavy (non-hydrogen) atoms. The number of hydrogen-bond acceptors (Lipinski definition) is 2. The molecule has 0 radical (unpaired) electrons. The smallest absolute Gasteiger partial charge is 0.122 e. The van der Waals surface area contributed by atoms with Gasteiger partial charge >= 0.3 is 0 Å². The predicted octanol–water partition coefficient (Wildman–Crippen LogP) is 3.20. The Kier molecular flexibility index (Phi) is 5.10. The Hall–Kier alpha value is -0.730. The maximum atomic E-state index is 6.11. The fraction of sp³-hybridized carbons (Fsp3) is 0.538. The fourth-order valence-corrected chi connectivity index (χ4v) is 1.76. The van der Waals surface area contributed by atoms with Crippen molar-refractivity contribution < 1.29 is 4.74 Å². The van der Waals surface area contributed by atoms with E-state index >= 15 is 0 Å². The number of nitrogens with one attached hydrogen (secondary N) is 1. The van der Waals surface area contributed by atoms with E-state index in [0.29, 0.717) is 6.04 Å². The monoisotopic (exact) mass is 241 g/mol. The molecule has 0 aliphatic carbocycles. The summed E-state index contributed by atoms with van der Waals surface area (Å²) < 4.78 is 5.35. The van der Waals surface area contributed by atoms with Crippen LogP contribution in [0.15, 0.2) is 12.1 Å². The first-order chi connectivity index (χ1) is 7.54. The first-order valence-corrected chi connectivity index (χ1v) is 5.98. The van der Waals surface area contributed by atoms with E-state index in [1.54, 1.807) is 7.11 Å². The Labute approximate surface area is 103 Å². The molecule has 0 spiro atoms. The molecule has 0 aliphatic heterocycles. The van der Waals surface area contributed by atoms with E-state index in [2.05, 4.69) is 19.2 Å². The van der Waals surface area contributed by atoms with Gasteiger partial charge in [0.2, 0.25) is 0 Å². The van der Waals surface area contributed by atoms with Crippen molar-refractivity contribution in [2.24, 2.45) is 0 Å². The molecule has 1 rings (SSSR count). The molecule has 90 valence electrons. The van der Waals surface area contributed by atoms with Crippen LogP contribution in [0.3, 0.4) is 0 Å². The summed E-state index contributed by atoms with van der Waals surface area (Å²) in [6.07, 6.45) is 0.932. The minimum Gasteiger partial charge on any atom is -0.496 e. The second kappa shape index (κ2) is 6.12. The van der Waals surface area contributed by atoms with Crippen LogP contribution in [0, 0.1) is 6.92 Å². The summed E-state index contributed by atoms with van der Waals surface area (Å²) in [4.78, 5) is 0. The van der Waals surface area contributed by atoms with Crippen LogP contribution in [0.25, 0.3) is 0 Å². The van der Waals surface area contributed by atoms with Gasteiger partial charge in [0, 0.05) is 11.1 Å². The van der Waals surface area contributed by atoms with Crippen LogP contribution in [0.2, 0.25) is 5.02 Å². The lowest BCUT2D eigenvalue weighted by atomic mass is 10.1. The standard InChI is InChI=1S/C13H20ClNO/c1-9(2)15-6-5-11-8-12(14)10(3)7-13(11)16-4/h7-9,15H,5-6H2,1-4H3. The molecule has 0 saturated carbocycles. The molecule has 0 atom stereocenters. The van der Waals surface area contributed by atoms with Gasteiger partial charge in [-0.05, 0) is 43.1 Å². The third-order valence-corrected chi connectivity index (χ3v) is 2.92. The molecular weight excluding hydrogens is 222 g/mol. The number of rotatable bonds is 5. The van der Waals surface area contributed by atoms with E-state index < -0.39 is 0 Å². The summed E-state index contributed by atoms with van der Waals surface area (Å²) in [7, 11) is 1.70. The van der Waals surface area contributed by atoms with Crippen molar-refractivity contribution in [2.75, 3.05) is 13.7 Å². The van der Waals surface area contributed by atoms with Crippen LogP contribution >= 0.6 is 11.6 Å². The zero-order chi connectivity index (χ0) is 12.1. The molecule has 0 saturated heterocycles. The molecule has 0 bridgehead atoms. The summed E-state index contributed by atoms with van der Waals surface area (Å²) in [6, 6.07) is 4.50. The van der Waals surface area contributed by atoms with Crippen molar-refractivity contribution in [1.82, 2.24) is 5.32 Å². The van der Waals surface area contributed by atoms with Crippen LogP contribution in [0.4, 0.5) is 0 Å². The van der Waals surface area contributed by atoms with Gasteiger partial charge in [0.1, 0.15) is 5.75 Å². The molecule has 1 aromatic rings. The average molecular weight is 242 g/mol. The highest BCUT2D eigenvalue weighted by atomic mass is 35.5. The third-order valence-electron chi connectivity index (χ3n) is 2.51. The number of methoxy groups -OCH3 is 1. The highest BCUT2D eigenvalue weighted by molar-refractivity contribution is 6.31. The zero-order valence-electron chi connectivity index (χ0n) is 10.4. The predicted molar refractivity (Wildman–Crippen MR) is 69.6 cm³/mol. The van der Waals surface area contributed by atoms with Gasteiger partial charge in [-0.15, -0.1) is 0 Å². The fourth-order valence-electron chi connectivity index (χ4n) is 1.58. The van der Waals surface area contributed by atoms with Gasteiger partial charge < -0.3 is 10.1 Å². The Morgan fingerprint density at radius 3 is 2.62 bits per heavy atom. The lowest BCUT2D eigenvalue weighted by Crippen LogP contribution is -2.25. The zero-order valence-corrected chi connectivity index (χ0v) is 11.2. The highest BCUT2D eigenvalue weighted by Gasteiger charge is 2.06. The van der Waals surface area contributed by atoms with E-state index in [-0.39, 0.29) is 0 Å². The highest BCUT2D eigenvalue weighted by Crippen LogP contribution is 2.26. The maximum absolute atomic E-state index is 6.11. The van der Waals surface area contributed by atoms with Crippen LogP contribution in [0.1, 0.15) is 25.0 Å². The summed E-state index contributed by atoms with van der Waals surface area (Å²) >= 11 is 6.11. The summed E-state index contributed by atoms with van der Waals surface area (Å²) in [5.41, 5.74) is 2.21. The van der Waals surface area contributed by atoms with Crippen molar-refractivity contribution in [3.05, 3.63) is 28.3 Å². The molecule has 0 amide bonds.